The number of rotatable bonds is 6. The van der Waals surface area contributed by atoms with Crippen molar-refractivity contribution in [1.82, 2.24) is 15.1 Å². The highest BCUT2D eigenvalue weighted by Crippen LogP contribution is 2.39. The number of nitrogens with zero attached hydrogens (tertiary/aromatic N) is 2. The number of aliphatic hydroxyl groups excluding tert-OH is 1. The molecule has 1 fully saturated rings. The van der Waals surface area contributed by atoms with Crippen LogP contribution in [0.1, 0.15) is 26.7 Å². The average Bonchev–Trinajstić information content (AvgIpc) is 3.04. The maximum Gasteiger partial charge on any atom is 0.0632 e. The van der Waals surface area contributed by atoms with Crippen molar-refractivity contribution in [3.63, 3.8) is 0 Å². The smallest absolute Gasteiger partial charge is 0.0632 e. The standard InChI is InChI=1S/C12H20BrN3O/c1-9(6-16-7-11(13)5-14-16)15-12(2,8-17)10-3-4-10/h5,7,9-10,15,17H,3-4,6,8H2,1-2H3. The lowest BCUT2D eigenvalue weighted by Gasteiger charge is -2.32. The van der Waals surface area contributed by atoms with Gasteiger partial charge in [-0.25, -0.2) is 0 Å². The first kappa shape index (κ1) is 13.1. The summed E-state index contributed by atoms with van der Waals surface area (Å²) in [6.45, 7) is 5.25. The van der Waals surface area contributed by atoms with E-state index in [1.165, 1.54) is 12.8 Å². The van der Waals surface area contributed by atoms with Gasteiger partial charge in [0.05, 0.1) is 23.8 Å². The lowest BCUT2D eigenvalue weighted by Crippen LogP contribution is -2.52. The van der Waals surface area contributed by atoms with Crippen molar-refractivity contribution in [3.8, 4) is 0 Å². The molecule has 2 rings (SSSR count). The third kappa shape index (κ3) is 3.30. The van der Waals surface area contributed by atoms with Crippen molar-refractivity contribution < 1.29 is 5.11 Å². The van der Waals surface area contributed by atoms with Crippen LogP contribution < -0.4 is 5.32 Å². The van der Waals surface area contributed by atoms with Crippen LogP contribution in [0.5, 0.6) is 0 Å². The Bertz CT molecular complexity index is 378. The minimum absolute atomic E-state index is 0.135. The second-order valence-electron chi connectivity index (χ2n) is 5.28. The van der Waals surface area contributed by atoms with Crippen LogP contribution in [0.25, 0.3) is 0 Å². The van der Waals surface area contributed by atoms with Gasteiger partial charge >= 0.3 is 0 Å². The molecule has 4 nitrogen and oxygen atoms in total. The van der Waals surface area contributed by atoms with Crippen molar-refractivity contribution in [2.24, 2.45) is 5.92 Å². The summed E-state index contributed by atoms with van der Waals surface area (Å²) in [5, 5.41) is 17.3. The molecule has 0 aromatic carbocycles. The summed E-state index contributed by atoms with van der Waals surface area (Å²) < 4.78 is 2.91. The van der Waals surface area contributed by atoms with Gasteiger partial charge in [-0.3, -0.25) is 4.68 Å². The maximum atomic E-state index is 9.52. The topological polar surface area (TPSA) is 50.1 Å². The van der Waals surface area contributed by atoms with Gasteiger partial charge in [-0.1, -0.05) is 0 Å². The Kier molecular flexibility index (Phi) is 3.90. The van der Waals surface area contributed by atoms with E-state index < -0.39 is 0 Å². The number of aliphatic hydroxyl groups is 1. The molecule has 0 radical (unpaired) electrons. The van der Waals surface area contributed by atoms with Gasteiger partial charge in [-0.2, -0.15) is 5.10 Å². The van der Waals surface area contributed by atoms with E-state index in [0.717, 1.165) is 11.0 Å². The zero-order valence-corrected chi connectivity index (χ0v) is 11.9. The Morgan fingerprint density at radius 1 is 1.71 bits per heavy atom. The third-order valence-corrected chi connectivity index (χ3v) is 3.86. The molecule has 2 unspecified atom stereocenters. The number of aromatic nitrogens is 2. The molecule has 1 heterocycles. The van der Waals surface area contributed by atoms with Gasteiger partial charge in [0, 0.05) is 17.8 Å². The minimum atomic E-state index is -0.135. The predicted octanol–water partition coefficient (Wildman–Crippen LogP) is 1.78. The van der Waals surface area contributed by atoms with Gasteiger partial charge in [-0.15, -0.1) is 0 Å². The van der Waals surface area contributed by atoms with E-state index >= 15 is 0 Å². The molecular weight excluding hydrogens is 282 g/mol. The third-order valence-electron chi connectivity index (χ3n) is 3.45. The SMILES string of the molecule is CC(Cn1cc(Br)cn1)NC(C)(CO)C1CC1. The van der Waals surface area contributed by atoms with Crippen LogP contribution in [-0.2, 0) is 6.54 Å². The molecule has 1 saturated carbocycles. The molecule has 1 aromatic rings. The quantitative estimate of drug-likeness (QED) is 0.842. The predicted molar refractivity (Wildman–Crippen MR) is 70.7 cm³/mol. The first-order chi connectivity index (χ1) is 8.03. The van der Waals surface area contributed by atoms with E-state index in [4.69, 9.17) is 0 Å². The van der Waals surface area contributed by atoms with Gasteiger partial charge < -0.3 is 10.4 Å². The van der Waals surface area contributed by atoms with Crippen LogP contribution in [0.3, 0.4) is 0 Å². The van der Waals surface area contributed by atoms with Crippen molar-refractivity contribution in [2.75, 3.05) is 6.61 Å². The Morgan fingerprint density at radius 3 is 2.88 bits per heavy atom. The molecule has 0 spiro atoms. The molecule has 1 aliphatic carbocycles. The minimum Gasteiger partial charge on any atom is -0.394 e. The Morgan fingerprint density at radius 2 is 2.41 bits per heavy atom. The average molecular weight is 302 g/mol. The zero-order valence-electron chi connectivity index (χ0n) is 10.4. The van der Waals surface area contributed by atoms with Crippen LogP contribution in [0, 0.1) is 5.92 Å². The molecule has 0 aliphatic heterocycles. The largest absolute Gasteiger partial charge is 0.394 e. The molecule has 1 aliphatic rings. The number of halogens is 1. The molecule has 0 amide bonds. The lowest BCUT2D eigenvalue weighted by molar-refractivity contribution is 0.140. The van der Waals surface area contributed by atoms with E-state index in [0.29, 0.717) is 12.0 Å². The Hall–Kier alpha value is -0.390. The first-order valence-electron chi connectivity index (χ1n) is 6.10. The van der Waals surface area contributed by atoms with Crippen LogP contribution in [-0.4, -0.2) is 33.1 Å². The summed E-state index contributed by atoms with van der Waals surface area (Å²) in [5.74, 6) is 0.624. The molecule has 96 valence electrons. The number of hydrogen-bond donors (Lipinski definition) is 2. The summed E-state index contributed by atoms with van der Waals surface area (Å²) >= 11 is 3.39. The fourth-order valence-corrected chi connectivity index (χ4v) is 2.67. The fraction of sp³-hybridized carbons (Fsp3) is 0.750. The van der Waals surface area contributed by atoms with Gasteiger partial charge in [0.25, 0.3) is 0 Å². The van der Waals surface area contributed by atoms with E-state index in [-0.39, 0.29) is 12.1 Å². The highest BCUT2D eigenvalue weighted by molar-refractivity contribution is 9.10. The maximum absolute atomic E-state index is 9.52. The summed E-state index contributed by atoms with van der Waals surface area (Å²) in [6.07, 6.45) is 6.21. The molecular formula is C12H20BrN3O. The van der Waals surface area contributed by atoms with Crippen LogP contribution in [0.2, 0.25) is 0 Å². The summed E-state index contributed by atoms with van der Waals surface area (Å²) in [6, 6.07) is 0.291. The van der Waals surface area contributed by atoms with Gasteiger partial charge in [0.15, 0.2) is 0 Å². The van der Waals surface area contributed by atoms with E-state index in [9.17, 15) is 5.11 Å². The molecule has 2 atom stereocenters. The van der Waals surface area contributed by atoms with Crippen LogP contribution >= 0.6 is 15.9 Å². The van der Waals surface area contributed by atoms with Crippen molar-refractivity contribution >= 4 is 15.9 Å². The summed E-state index contributed by atoms with van der Waals surface area (Å²) in [7, 11) is 0. The number of hydrogen-bond acceptors (Lipinski definition) is 3. The molecule has 0 saturated heterocycles. The first-order valence-corrected chi connectivity index (χ1v) is 6.89. The normalized spacial score (nSPS) is 21.2. The van der Waals surface area contributed by atoms with Gasteiger partial charge in [0.2, 0.25) is 0 Å². The molecule has 2 N–H and O–H groups in total. The monoisotopic (exact) mass is 301 g/mol. The summed E-state index contributed by atoms with van der Waals surface area (Å²) in [5.41, 5.74) is -0.135. The molecule has 1 aromatic heterocycles. The van der Waals surface area contributed by atoms with Crippen molar-refractivity contribution in [3.05, 3.63) is 16.9 Å². The Balaban J connectivity index is 1.89. The second kappa shape index (κ2) is 5.08. The summed E-state index contributed by atoms with van der Waals surface area (Å²) in [4.78, 5) is 0. The zero-order chi connectivity index (χ0) is 12.5. The van der Waals surface area contributed by atoms with E-state index in [1.54, 1.807) is 6.20 Å². The Labute approximate surface area is 111 Å². The van der Waals surface area contributed by atoms with Gasteiger partial charge in [-0.05, 0) is 48.5 Å². The van der Waals surface area contributed by atoms with E-state index in [2.05, 4.69) is 40.2 Å². The molecule has 0 bridgehead atoms. The molecule has 17 heavy (non-hydrogen) atoms. The van der Waals surface area contributed by atoms with Crippen LogP contribution in [0.15, 0.2) is 16.9 Å². The number of nitrogens with one attached hydrogen (secondary N) is 1. The van der Waals surface area contributed by atoms with Crippen molar-refractivity contribution in [1.29, 1.82) is 0 Å². The van der Waals surface area contributed by atoms with E-state index in [1.807, 2.05) is 10.9 Å². The van der Waals surface area contributed by atoms with Crippen LogP contribution in [0.4, 0.5) is 0 Å². The van der Waals surface area contributed by atoms with Crippen molar-refractivity contribution in [2.45, 2.75) is 44.8 Å². The highest BCUT2D eigenvalue weighted by atomic mass is 79.9. The highest BCUT2D eigenvalue weighted by Gasteiger charge is 2.41. The lowest BCUT2D eigenvalue weighted by atomic mass is 9.96. The van der Waals surface area contributed by atoms with Gasteiger partial charge in [0.1, 0.15) is 0 Å². The second-order valence-corrected chi connectivity index (χ2v) is 6.19. The fourth-order valence-electron chi connectivity index (χ4n) is 2.34. The molecule has 5 heteroatoms.